The third kappa shape index (κ3) is 6.47. The first-order valence-electron chi connectivity index (χ1n) is 11.7. The van der Waals surface area contributed by atoms with Gasteiger partial charge in [0.2, 0.25) is 0 Å². The van der Waals surface area contributed by atoms with Crippen LogP contribution in [-0.4, -0.2) is 35.7 Å². The largest absolute Gasteiger partial charge is 0.476 e. The summed E-state index contributed by atoms with van der Waals surface area (Å²) in [7, 11) is 0. The SMILES string of the molecule is CCCCCN(C(=O)Nc1nc2ccc(C)cc2s1)c1ccc(OC(C)(C)C(=O)OCC)cc1. The van der Waals surface area contributed by atoms with Crippen LogP contribution in [0, 0.1) is 6.92 Å². The van der Waals surface area contributed by atoms with Crippen molar-refractivity contribution in [3.63, 3.8) is 0 Å². The summed E-state index contributed by atoms with van der Waals surface area (Å²) in [4.78, 5) is 31.6. The molecule has 0 unspecified atom stereocenters. The monoisotopic (exact) mass is 483 g/mol. The van der Waals surface area contributed by atoms with Crippen molar-refractivity contribution in [2.75, 3.05) is 23.4 Å². The topological polar surface area (TPSA) is 80.8 Å². The minimum atomic E-state index is -1.11. The number of anilines is 2. The van der Waals surface area contributed by atoms with Gasteiger partial charge in [-0.05, 0) is 76.1 Å². The Morgan fingerprint density at radius 2 is 1.82 bits per heavy atom. The minimum Gasteiger partial charge on any atom is -0.476 e. The van der Waals surface area contributed by atoms with Crippen LogP contribution in [0.3, 0.4) is 0 Å². The zero-order chi connectivity index (χ0) is 24.7. The number of hydrogen-bond acceptors (Lipinski definition) is 6. The Kier molecular flexibility index (Phi) is 8.50. The molecule has 2 amide bonds. The number of aromatic nitrogens is 1. The standard InChI is InChI=1S/C26H33N3O4S/c1-6-8-9-16-29(25(31)28-24-27-21-15-10-18(3)17-22(21)34-24)19-11-13-20(14-12-19)33-26(4,5)23(30)32-7-2/h10-15,17H,6-9,16H2,1-5H3,(H,27,28,31). The van der Waals surface area contributed by atoms with Crippen molar-refractivity contribution >= 4 is 44.4 Å². The predicted octanol–water partition coefficient (Wildman–Crippen LogP) is 6.55. The van der Waals surface area contributed by atoms with E-state index < -0.39 is 11.6 Å². The van der Waals surface area contributed by atoms with Gasteiger partial charge in [0.05, 0.1) is 16.8 Å². The molecule has 0 bridgehead atoms. The summed E-state index contributed by atoms with van der Waals surface area (Å²) in [6.07, 6.45) is 2.97. The highest BCUT2D eigenvalue weighted by Gasteiger charge is 2.31. The number of unbranched alkanes of at least 4 members (excludes halogenated alkanes) is 2. The highest BCUT2D eigenvalue weighted by molar-refractivity contribution is 7.22. The fourth-order valence-corrected chi connectivity index (χ4v) is 4.40. The van der Waals surface area contributed by atoms with E-state index in [0.717, 1.165) is 40.7 Å². The molecule has 7 nitrogen and oxygen atoms in total. The van der Waals surface area contributed by atoms with E-state index in [0.29, 0.717) is 24.0 Å². The lowest BCUT2D eigenvalue weighted by atomic mass is 10.1. The summed E-state index contributed by atoms with van der Waals surface area (Å²) in [6, 6.07) is 13.0. The number of carbonyl (C=O) groups excluding carboxylic acids is 2. The van der Waals surface area contributed by atoms with Gasteiger partial charge in [-0.25, -0.2) is 14.6 Å². The first-order chi connectivity index (χ1) is 16.2. The lowest BCUT2D eigenvalue weighted by Crippen LogP contribution is -2.39. The Bertz CT molecular complexity index is 1120. The molecule has 0 aliphatic heterocycles. The van der Waals surface area contributed by atoms with Crippen LogP contribution in [0.4, 0.5) is 15.6 Å². The highest BCUT2D eigenvalue weighted by atomic mass is 32.1. The summed E-state index contributed by atoms with van der Waals surface area (Å²) in [5, 5.41) is 3.53. The zero-order valence-corrected chi connectivity index (χ0v) is 21.3. The lowest BCUT2D eigenvalue weighted by molar-refractivity contribution is -0.158. The first kappa shape index (κ1) is 25.5. The number of carbonyl (C=O) groups is 2. The summed E-state index contributed by atoms with van der Waals surface area (Å²) in [5.74, 6) is 0.0999. The molecule has 1 N–H and O–H groups in total. The number of nitrogens with one attached hydrogen (secondary N) is 1. The molecule has 1 heterocycles. The summed E-state index contributed by atoms with van der Waals surface area (Å²) in [5.41, 5.74) is 1.66. The van der Waals surface area contributed by atoms with E-state index in [1.54, 1.807) is 37.8 Å². The third-order valence-corrected chi connectivity index (χ3v) is 6.21. The van der Waals surface area contributed by atoms with Gasteiger partial charge in [-0.1, -0.05) is 37.2 Å². The maximum Gasteiger partial charge on any atom is 0.349 e. The molecule has 2 aromatic carbocycles. The molecule has 3 aromatic rings. The average Bonchev–Trinajstić information content (AvgIpc) is 3.18. The van der Waals surface area contributed by atoms with Crippen molar-refractivity contribution in [1.29, 1.82) is 0 Å². The predicted molar refractivity (Wildman–Crippen MR) is 138 cm³/mol. The van der Waals surface area contributed by atoms with Gasteiger partial charge in [0.25, 0.3) is 0 Å². The second-order valence-corrected chi connectivity index (χ2v) is 9.64. The van der Waals surface area contributed by atoms with Gasteiger partial charge in [-0.15, -0.1) is 0 Å². The number of benzene rings is 2. The van der Waals surface area contributed by atoms with Crippen molar-refractivity contribution in [2.45, 2.75) is 59.5 Å². The van der Waals surface area contributed by atoms with Crippen LogP contribution in [-0.2, 0) is 9.53 Å². The highest BCUT2D eigenvalue weighted by Crippen LogP contribution is 2.28. The van der Waals surface area contributed by atoms with Crippen LogP contribution >= 0.6 is 11.3 Å². The number of amides is 2. The fraction of sp³-hybridized carbons (Fsp3) is 0.423. The molecular weight excluding hydrogens is 450 g/mol. The second kappa shape index (κ2) is 11.3. The maximum atomic E-state index is 13.2. The Hall–Kier alpha value is -3.13. The van der Waals surface area contributed by atoms with Crippen molar-refractivity contribution < 1.29 is 19.1 Å². The number of thiazole rings is 1. The molecule has 0 fully saturated rings. The van der Waals surface area contributed by atoms with Gasteiger partial charge >= 0.3 is 12.0 Å². The Balaban J connectivity index is 1.76. The van der Waals surface area contributed by atoms with E-state index in [1.165, 1.54) is 11.3 Å². The van der Waals surface area contributed by atoms with E-state index in [2.05, 4.69) is 23.3 Å². The van der Waals surface area contributed by atoms with E-state index in [-0.39, 0.29) is 6.03 Å². The van der Waals surface area contributed by atoms with Gasteiger partial charge in [0.1, 0.15) is 5.75 Å². The molecule has 0 radical (unpaired) electrons. The number of ether oxygens (including phenoxy) is 2. The molecule has 34 heavy (non-hydrogen) atoms. The normalized spacial score (nSPS) is 11.3. The van der Waals surface area contributed by atoms with Crippen LogP contribution < -0.4 is 15.0 Å². The van der Waals surface area contributed by atoms with Crippen molar-refractivity contribution in [3.8, 4) is 5.75 Å². The van der Waals surface area contributed by atoms with Crippen LogP contribution in [0.1, 0.15) is 52.5 Å². The van der Waals surface area contributed by atoms with E-state index in [9.17, 15) is 9.59 Å². The Morgan fingerprint density at radius 3 is 2.50 bits per heavy atom. The van der Waals surface area contributed by atoms with Crippen LogP contribution in [0.25, 0.3) is 10.2 Å². The molecular formula is C26H33N3O4S. The summed E-state index contributed by atoms with van der Waals surface area (Å²) < 4.78 is 12.0. The summed E-state index contributed by atoms with van der Waals surface area (Å²) in [6.45, 7) is 10.1. The quantitative estimate of drug-likeness (QED) is 0.261. The van der Waals surface area contributed by atoms with Crippen LogP contribution in [0.15, 0.2) is 42.5 Å². The van der Waals surface area contributed by atoms with E-state index >= 15 is 0 Å². The van der Waals surface area contributed by atoms with Crippen LogP contribution in [0.5, 0.6) is 5.75 Å². The minimum absolute atomic E-state index is 0.229. The smallest absolute Gasteiger partial charge is 0.349 e. The van der Waals surface area contributed by atoms with Gasteiger partial charge in [-0.3, -0.25) is 10.2 Å². The number of esters is 1. The Morgan fingerprint density at radius 1 is 1.09 bits per heavy atom. The molecule has 1 aromatic heterocycles. The molecule has 0 aliphatic carbocycles. The number of urea groups is 1. The second-order valence-electron chi connectivity index (χ2n) is 8.61. The Labute approximate surface area is 205 Å². The summed E-state index contributed by atoms with van der Waals surface area (Å²) >= 11 is 1.46. The molecule has 0 aliphatic rings. The van der Waals surface area contributed by atoms with Crippen molar-refractivity contribution in [1.82, 2.24) is 4.98 Å². The molecule has 0 saturated carbocycles. The van der Waals surface area contributed by atoms with Gasteiger partial charge < -0.3 is 9.47 Å². The van der Waals surface area contributed by atoms with Gasteiger partial charge in [0, 0.05) is 12.2 Å². The average molecular weight is 484 g/mol. The lowest BCUT2D eigenvalue weighted by Gasteiger charge is -2.25. The fourth-order valence-electron chi connectivity index (χ4n) is 3.45. The number of fused-ring (bicyclic) bond motifs is 1. The zero-order valence-electron chi connectivity index (χ0n) is 20.5. The van der Waals surface area contributed by atoms with Crippen molar-refractivity contribution in [3.05, 3.63) is 48.0 Å². The number of rotatable bonds is 10. The van der Waals surface area contributed by atoms with Gasteiger partial charge in [-0.2, -0.15) is 0 Å². The van der Waals surface area contributed by atoms with Gasteiger partial charge in [0.15, 0.2) is 10.7 Å². The number of aryl methyl sites for hydroxylation is 1. The molecule has 0 atom stereocenters. The molecule has 3 rings (SSSR count). The first-order valence-corrected chi connectivity index (χ1v) is 12.5. The maximum absolute atomic E-state index is 13.2. The molecule has 182 valence electrons. The molecule has 8 heteroatoms. The number of nitrogens with zero attached hydrogens (tertiary/aromatic N) is 2. The van der Waals surface area contributed by atoms with Crippen LogP contribution in [0.2, 0.25) is 0 Å². The van der Waals surface area contributed by atoms with E-state index in [1.807, 2.05) is 31.2 Å². The van der Waals surface area contributed by atoms with E-state index in [4.69, 9.17) is 9.47 Å². The number of hydrogen-bond donors (Lipinski definition) is 1. The molecule has 0 spiro atoms. The molecule has 0 saturated heterocycles. The van der Waals surface area contributed by atoms with Crippen molar-refractivity contribution in [2.24, 2.45) is 0 Å². The third-order valence-electron chi connectivity index (χ3n) is 5.28.